The highest BCUT2D eigenvalue weighted by molar-refractivity contribution is 7.89. The largest absolute Gasteiger partial charge is 0.243 e. The van der Waals surface area contributed by atoms with E-state index in [4.69, 9.17) is 0 Å². The van der Waals surface area contributed by atoms with Crippen LogP contribution in [0.2, 0.25) is 0 Å². The normalized spacial score (nSPS) is 19.6. The number of sulfonamides is 1. The Morgan fingerprint density at radius 1 is 0.920 bits per heavy atom. The van der Waals surface area contributed by atoms with Crippen molar-refractivity contribution >= 4 is 10.0 Å². The number of rotatable bonds is 3. The Balaban J connectivity index is 2.04. The first kappa shape index (κ1) is 18.2. The molecule has 134 valence electrons. The van der Waals surface area contributed by atoms with Crippen LogP contribution in [0.3, 0.4) is 0 Å². The SMILES string of the molecule is Cc1cccc(C2CCCCCN2S(=O)(=O)c2ccc(C)c(C)c2)c1. The second-order valence-electron chi connectivity index (χ2n) is 7.14. The van der Waals surface area contributed by atoms with Gasteiger partial charge in [0.15, 0.2) is 0 Å². The van der Waals surface area contributed by atoms with Crippen molar-refractivity contribution in [3.8, 4) is 0 Å². The highest BCUT2D eigenvalue weighted by Gasteiger charge is 2.33. The van der Waals surface area contributed by atoms with E-state index in [0.717, 1.165) is 42.4 Å². The molecule has 0 radical (unpaired) electrons. The minimum absolute atomic E-state index is 0.0750. The Hall–Kier alpha value is -1.65. The Bertz CT molecular complexity index is 858. The zero-order valence-corrected chi connectivity index (χ0v) is 16.1. The first-order valence-electron chi connectivity index (χ1n) is 9.05. The fourth-order valence-electron chi connectivity index (χ4n) is 3.59. The lowest BCUT2D eigenvalue weighted by molar-refractivity contribution is 0.329. The molecule has 1 heterocycles. The third kappa shape index (κ3) is 3.80. The fraction of sp³-hybridized carbons (Fsp3) is 0.429. The van der Waals surface area contributed by atoms with E-state index in [-0.39, 0.29) is 6.04 Å². The zero-order chi connectivity index (χ0) is 18.0. The van der Waals surface area contributed by atoms with Crippen LogP contribution in [-0.4, -0.2) is 19.3 Å². The number of aryl methyl sites for hydroxylation is 3. The summed E-state index contributed by atoms with van der Waals surface area (Å²) in [6.45, 7) is 6.62. The van der Waals surface area contributed by atoms with Gasteiger partial charge in [-0.25, -0.2) is 8.42 Å². The molecule has 1 atom stereocenters. The lowest BCUT2D eigenvalue weighted by atomic mass is 10.0. The number of hydrogen-bond donors (Lipinski definition) is 0. The van der Waals surface area contributed by atoms with Crippen molar-refractivity contribution in [2.45, 2.75) is 57.4 Å². The number of hydrogen-bond acceptors (Lipinski definition) is 2. The van der Waals surface area contributed by atoms with Gasteiger partial charge in [0.05, 0.1) is 10.9 Å². The quantitative estimate of drug-likeness (QED) is 0.782. The minimum Gasteiger partial charge on any atom is -0.207 e. The van der Waals surface area contributed by atoms with Crippen LogP contribution in [0.4, 0.5) is 0 Å². The molecule has 1 aliphatic heterocycles. The lowest BCUT2D eigenvalue weighted by Crippen LogP contribution is -2.35. The molecule has 1 aliphatic rings. The van der Waals surface area contributed by atoms with Gasteiger partial charge in [-0.1, -0.05) is 48.7 Å². The molecular weight excluding hydrogens is 330 g/mol. The van der Waals surface area contributed by atoms with Gasteiger partial charge in [-0.15, -0.1) is 0 Å². The zero-order valence-electron chi connectivity index (χ0n) is 15.3. The van der Waals surface area contributed by atoms with Crippen molar-refractivity contribution in [2.24, 2.45) is 0 Å². The Kier molecular flexibility index (Phi) is 5.30. The summed E-state index contributed by atoms with van der Waals surface area (Å²) in [5, 5.41) is 0. The highest BCUT2D eigenvalue weighted by atomic mass is 32.2. The average Bonchev–Trinajstić information content (AvgIpc) is 2.83. The maximum Gasteiger partial charge on any atom is 0.243 e. The second kappa shape index (κ2) is 7.30. The molecule has 2 aromatic carbocycles. The molecule has 0 bridgehead atoms. The average molecular weight is 358 g/mol. The van der Waals surface area contributed by atoms with Crippen LogP contribution in [-0.2, 0) is 10.0 Å². The van der Waals surface area contributed by atoms with Crippen LogP contribution < -0.4 is 0 Å². The summed E-state index contributed by atoms with van der Waals surface area (Å²) in [5.41, 5.74) is 4.41. The number of nitrogens with zero attached hydrogens (tertiary/aromatic N) is 1. The van der Waals surface area contributed by atoms with E-state index in [9.17, 15) is 8.42 Å². The van der Waals surface area contributed by atoms with Gasteiger partial charge in [-0.2, -0.15) is 4.31 Å². The van der Waals surface area contributed by atoms with E-state index in [0.29, 0.717) is 11.4 Å². The van der Waals surface area contributed by atoms with Gasteiger partial charge in [0.25, 0.3) is 0 Å². The molecule has 3 rings (SSSR count). The maximum absolute atomic E-state index is 13.4. The van der Waals surface area contributed by atoms with Crippen molar-refractivity contribution < 1.29 is 8.42 Å². The standard InChI is InChI=1S/C21H27NO2S/c1-16-8-7-9-19(14-16)21-10-5-4-6-13-22(21)25(23,24)20-12-11-17(2)18(3)15-20/h7-9,11-12,14-15,21H,4-6,10,13H2,1-3H3. The van der Waals surface area contributed by atoms with E-state index in [1.807, 2.05) is 32.0 Å². The summed E-state index contributed by atoms with van der Waals surface area (Å²) < 4.78 is 28.5. The Morgan fingerprint density at radius 2 is 1.72 bits per heavy atom. The Morgan fingerprint density at radius 3 is 2.44 bits per heavy atom. The van der Waals surface area contributed by atoms with Gasteiger partial charge in [0.1, 0.15) is 0 Å². The van der Waals surface area contributed by atoms with E-state index >= 15 is 0 Å². The van der Waals surface area contributed by atoms with Gasteiger partial charge in [-0.3, -0.25) is 0 Å². The number of benzene rings is 2. The highest BCUT2D eigenvalue weighted by Crippen LogP contribution is 2.35. The third-order valence-corrected chi connectivity index (χ3v) is 7.12. The summed E-state index contributed by atoms with van der Waals surface area (Å²) in [6.07, 6.45) is 3.96. The van der Waals surface area contributed by atoms with Crippen LogP contribution in [0.1, 0.15) is 54.0 Å². The van der Waals surface area contributed by atoms with E-state index < -0.39 is 10.0 Å². The molecule has 25 heavy (non-hydrogen) atoms. The molecule has 3 nitrogen and oxygen atoms in total. The van der Waals surface area contributed by atoms with Crippen molar-refractivity contribution in [3.05, 3.63) is 64.7 Å². The van der Waals surface area contributed by atoms with Crippen LogP contribution in [0.15, 0.2) is 47.4 Å². The molecule has 0 spiro atoms. The monoisotopic (exact) mass is 357 g/mol. The Labute approximate surface area is 151 Å². The second-order valence-corrected chi connectivity index (χ2v) is 9.03. The molecule has 2 aromatic rings. The van der Waals surface area contributed by atoms with Gasteiger partial charge < -0.3 is 0 Å². The summed E-state index contributed by atoms with van der Waals surface area (Å²) in [4.78, 5) is 0.412. The van der Waals surface area contributed by atoms with Gasteiger partial charge >= 0.3 is 0 Å². The van der Waals surface area contributed by atoms with Crippen molar-refractivity contribution in [2.75, 3.05) is 6.54 Å². The fourth-order valence-corrected chi connectivity index (χ4v) is 5.36. The molecule has 1 saturated heterocycles. The van der Waals surface area contributed by atoms with E-state index in [2.05, 4.69) is 25.1 Å². The van der Waals surface area contributed by atoms with Crippen molar-refractivity contribution in [3.63, 3.8) is 0 Å². The molecule has 0 N–H and O–H groups in total. The first-order valence-corrected chi connectivity index (χ1v) is 10.5. The summed E-state index contributed by atoms with van der Waals surface area (Å²) in [5.74, 6) is 0. The van der Waals surface area contributed by atoms with Crippen LogP contribution in [0, 0.1) is 20.8 Å². The van der Waals surface area contributed by atoms with Gasteiger partial charge in [0.2, 0.25) is 10.0 Å². The van der Waals surface area contributed by atoms with Gasteiger partial charge in [0, 0.05) is 6.54 Å². The van der Waals surface area contributed by atoms with E-state index in [1.54, 1.807) is 10.4 Å². The van der Waals surface area contributed by atoms with Crippen LogP contribution in [0.25, 0.3) is 0 Å². The van der Waals surface area contributed by atoms with Crippen molar-refractivity contribution in [1.82, 2.24) is 4.31 Å². The predicted molar refractivity (Wildman–Crippen MR) is 102 cm³/mol. The molecule has 0 amide bonds. The van der Waals surface area contributed by atoms with Crippen LogP contribution >= 0.6 is 0 Å². The molecule has 0 aromatic heterocycles. The third-order valence-electron chi connectivity index (χ3n) is 5.22. The molecule has 1 unspecified atom stereocenters. The lowest BCUT2D eigenvalue weighted by Gasteiger charge is -2.30. The molecule has 1 fully saturated rings. The van der Waals surface area contributed by atoms with Crippen molar-refractivity contribution in [1.29, 1.82) is 0 Å². The van der Waals surface area contributed by atoms with Crippen LogP contribution in [0.5, 0.6) is 0 Å². The minimum atomic E-state index is -3.50. The topological polar surface area (TPSA) is 37.4 Å². The summed E-state index contributed by atoms with van der Waals surface area (Å²) in [7, 11) is -3.50. The summed E-state index contributed by atoms with van der Waals surface area (Å²) >= 11 is 0. The molecule has 4 heteroatoms. The molecule has 0 aliphatic carbocycles. The predicted octanol–water partition coefficient (Wildman–Crippen LogP) is 4.92. The molecular formula is C21H27NO2S. The molecule has 0 saturated carbocycles. The maximum atomic E-state index is 13.4. The first-order chi connectivity index (χ1) is 11.9. The van der Waals surface area contributed by atoms with Gasteiger partial charge in [-0.05, 0) is 62.4 Å². The smallest absolute Gasteiger partial charge is 0.207 e. The van der Waals surface area contributed by atoms with E-state index in [1.165, 1.54) is 5.56 Å². The summed E-state index contributed by atoms with van der Waals surface area (Å²) in [6, 6.07) is 13.7.